The molecule has 232 valence electrons. The number of benzene rings is 2. The van der Waals surface area contributed by atoms with Gasteiger partial charge in [-0.15, -0.1) is 21.5 Å². The van der Waals surface area contributed by atoms with Gasteiger partial charge in [0.05, 0.1) is 32.3 Å². The first kappa shape index (κ1) is 29.1. The third-order valence-electron chi connectivity index (χ3n) is 8.31. The Morgan fingerprint density at radius 3 is 2.67 bits per heavy atom. The molecule has 2 aromatic carbocycles. The molecule has 1 spiro atoms. The lowest BCUT2D eigenvalue weighted by Crippen LogP contribution is -2.49. The van der Waals surface area contributed by atoms with E-state index >= 15 is 0 Å². The highest BCUT2D eigenvalue weighted by Crippen LogP contribution is 2.51. The predicted molar refractivity (Wildman–Crippen MR) is 156 cm³/mol. The molecule has 12 nitrogen and oxygen atoms in total. The summed E-state index contributed by atoms with van der Waals surface area (Å²) < 4.78 is 41.5. The fourth-order valence-corrected chi connectivity index (χ4v) is 6.98. The van der Waals surface area contributed by atoms with Crippen LogP contribution in [0.5, 0.6) is 0 Å². The number of fused-ring (bicyclic) bond motifs is 3. The number of rotatable bonds is 7. The number of aromatic nitrogens is 4. The van der Waals surface area contributed by atoms with Crippen LogP contribution in [-0.2, 0) is 25.0 Å². The van der Waals surface area contributed by atoms with Crippen LogP contribution in [0.1, 0.15) is 45.7 Å². The number of likely N-dealkylation sites (tertiary alicyclic amines) is 1. The normalized spacial score (nSPS) is 19.7. The van der Waals surface area contributed by atoms with Crippen molar-refractivity contribution >= 4 is 29.1 Å². The Hall–Kier alpha value is -4.60. The average Bonchev–Trinajstić information content (AvgIpc) is 3.88. The molecule has 0 radical (unpaired) electrons. The Bertz CT molecular complexity index is 1790. The molecule has 45 heavy (non-hydrogen) atoms. The zero-order valence-corrected chi connectivity index (χ0v) is 24.7. The van der Waals surface area contributed by atoms with Gasteiger partial charge in [-0.3, -0.25) is 14.4 Å². The second-order valence-corrected chi connectivity index (χ2v) is 12.1. The monoisotopic (exact) mass is 635 g/mol. The molecule has 0 saturated carbocycles. The van der Waals surface area contributed by atoms with Crippen molar-refractivity contribution in [1.29, 1.82) is 0 Å². The van der Waals surface area contributed by atoms with Crippen molar-refractivity contribution in [3.05, 3.63) is 75.5 Å². The number of hydrogen-bond donors (Lipinski definition) is 3. The fourth-order valence-electron chi connectivity index (χ4n) is 6.08. The average molecular weight is 636 g/mol. The van der Waals surface area contributed by atoms with Gasteiger partial charge in [0.15, 0.2) is 5.79 Å². The number of aromatic amines is 1. The van der Waals surface area contributed by atoms with Gasteiger partial charge in [-0.2, -0.15) is 14.0 Å². The lowest BCUT2D eigenvalue weighted by Gasteiger charge is -2.25. The first-order valence-corrected chi connectivity index (χ1v) is 15.1. The van der Waals surface area contributed by atoms with Crippen LogP contribution in [0.15, 0.2) is 53.9 Å². The minimum absolute atomic E-state index is 0.0138. The van der Waals surface area contributed by atoms with E-state index in [1.54, 1.807) is 18.2 Å². The first-order chi connectivity index (χ1) is 21.6. The van der Waals surface area contributed by atoms with Gasteiger partial charge in [-0.25, -0.2) is 0 Å². The smallest absolute Gasteiger partial charge is 0.299 e. The van der Waals surface area contributed by atoms with E-state index in [2.05, 4.69) is 31.3 Å². The number of carbonyl (C=O) groups is 3. The molecular weight excluding hydrogens is 608 g/mol. The van der Waals surface area contributed by atoms with Crippen molar-refractivity contribution in [2.45, 2.75) is 37.1 Å². The van der Waals surface area contributed by atoms with E-state index in [0.717, 1.165) is 10.4 Å². The van der Waals surface area contributed by atoms with Crippen molar-refractivity contribution < 1.29 is 32.6 Å². The lowest BCUT2D eigenvalue weighted by molar-refractivity contribution is -0.152. The molecule has 2 fully saturated rings. The summed E-state index contributed by atoms with van der Waals surface area (Å²) in [5, 5.41) is 21.3. The zero-order valence-electron chi connectivity index (χ0n) is 23.9. The molecule has 3 amide bonds. The Kier molecular flexibility index (Phi) is 7.17. The standard InChI is InChI=1S/C30H27F2N7O5S/c1-16(24-11-18(14-45-24)26-35-37-38-36-26)34-28(42)23-12-29(43-8-9-44-29)15-39(23)25(40)13-33-27(41)17-6-7-22-20(10-17)19-4-2-3-5-21(19)30(22,31)32/h2-7,10-11,14,16,23H,8-9,12-13,15H2,1H3,(H,33,41)(H,34,42)(H,35,36,37,38)/t16-,23+/m1/s1. The summed E-state index contributed by atoms with van der Waals surface area (Å²) in [5.41, 5.74) is 1.23. The van der Waals surface area contributed by atoms with Crippen LogP contribution in [0.25, 0.3) is 22.5 Å². The van der Waals surface area contributed by atoms with Crippen LogP contribution in [0, 0.1) is 0 Å². The highest BCUT2D eigenvalue weighted by molar-refractivity contribution is 7.10. The molecule has 4 aromatic rings. The van der Waals surface area contributed by atoms with Gasteiger partial charge in [0.2, 0.25) is 17.6 Å². The molecule has 0 unspecified atom stereocenters. The summed E-state index contributed by atoms with van der Waals surface area (Å²) in [7, 11) is 0. The molecule has 3 aliphatic rings. The van der Waals surface area contributed by atoms with Crippen molar-refractivity contribution in [3.8, 4) is 22.5 Å². The van der Waals surface area contributed by atoms with E-state index in [9.17, 15) is 23.2 Å². The summed E-state index contributed by atoms with van der Waals surface area (Å²) in [4.78, 5) is 42.3. The quantitative estimate of drug-likeness (QED) is 0.281. The highest BCUT2D eigenvalue weighted by Gasteiger charge is 2.52. The van der Waals surface area contributed by atoms with Crippen molar-refractivity contribution in [2.24, 2.45) is 0 Å². The molecule has 2 atom stereocenters. The number of amides is 3. The molecule has 0 bridgehead atoms. The number of nitrogens with one attached hydrogen (secondary N) is 3. The summed E-state index contributed by atoms with van der Waals surface area (Å²) in [6, 6.07) is 10.7. The van der Waals surface area contributed by atoms with Crippen molar-refractivity contribution in [3.63, 3.8) is 0 Å². The Morgan fingerprint density at radius 1 is 1.11 bits per heavy atom. The van der Waals surface area contributed by atoms with E-state index in [1.807, 2.05) is 18.4 Å². The second kappa shape index (κ2) is 11.1. The van der Waals surface area contributed by atoms with E-state index in [-0.39, 0.29) is 41.3 Å². The van der Waals surface area contributed by atoms with Gasteiger partial charge in [-0.05, 0) is 41.5 Å². The van der Waals surface area contributed by atoms with Gasteiger partial charge >= 0.3 is 0 Å². The number of ether oxygens (including phenoxy) is 2. The van der Waals surface area contributed by atoms with Crippen LogP contribution in [0.4, 0.5) is 8.78 Å². The van der Waals surface area contributed by atoms with Gasteiger partial charge < -0.3 is 25.0 Å². The van der Waals surface area contributed by atoms with Crippen LogP contribution in [0.2, 0.25) is 0 Å². The van der Waals surface area contributed by atoms with Gasteiger partial charge in [-0.1, -0.05) is 30.3 Å². The van der Waals surface area contributed by atoms with Gasteiger partial charge in [0, 0.05) is 38.9 Å². The maximum Gasteiger partial charge on any atom is 0.299 e. The molecule has 2 aliphatic heterocycles. The summed E-state index contributed by atoms with van der Waals surface area (Å²) in [5.74, 6) is -5.36. The number of halogens is 2. The van der Waals surface area contributed by atoms with E-state index in [1.165, 1.54) is 40.5 Å². The maximum absolute atomic E-state index is 14.9. The zero-order chi connectivity index (χ0) is 31.3. The van der Waals surface area contributed by atoms with Gasteiger partial charge in [0.25, 0.3) is 11.8 Å². The largest absolute Gasteiger partial charge is 0.347 e. The van der Waals surface area contributed by atoms with Crippen LogP contribution < -0.4 is 10.6 Å². The number of hydrogen-bond acceptors (Lipinski definition) is 9. The minimum atomic E-state index is -3.17. The molecule has 7 rings (SSSR count). The third-order valence-corrected chi connectivity index (χ3v) is 9.43. The maximum atomic E-state index is 14.9. The van der Waals surface area contributed by atoms with Crippen LogP contribution in [-0.4, -0.2) is 81.4 Å². The molecule has 3 N–H and O–H groups in total. The van der Waals surface area contributed by atoms with E-state index < -0.39 is 42.0 Å². The lowest BCUT2D eigenvalue weighted by atomic mass is 10.0. The molecular formula is C30H27F2N7O5S. The van der Waals surface area contributed by atoms with E-state index in [0.29, 0.717) is 24.6 Å². The minimum Gasteiger partial charge on any atom is -0.347 e. The SMILES string of the molecule is C[C@@H](NC(=O)[C@@H]1CC2(CN1C(=O)CNC(=O)c1ccc3c(c1)-c1ccccc1C3(F)F)OCCO2)c1cc(-c2nn[nH]n2)cs1. The molecule has 1 aliphatic carbocycles. The van der Waals surface area contributed by atoms with E-state index in [4.69, 9.17) is 9.47 Å². The topological polar surface area (TPSA) is 151 Å². The molecule has 2 saturated heterocycles. The number of carbonyl (C=O) groups excluding carboxylic acids is 3. The molecule has 2 aromatic heterocycles. The predicted octanol–water partition coefficient (Wildman–Crippen LogP) is 3.00. The number of tetrazole rings is 1. The van der Waals surface area contributed by atoms with Crippen molar-refractivity contribution in [2.75, 3.05) is 26.3 Å². The Morgan fingerprint density at radius 2 is 1.89 bits per heavy atom. The van der Waals surface area contributed by atoms with Crippen LogP contribution >= 0.6 is 11.3 Å². The van der Waals surface area contributed by atoms with Crippen LogP contribution in [0.3, 0.4) is 0 Å². The summed E-state index contributed by atoms with van der Waals surface area (Å²) in [6.45, 7) is 2.08. The summed E-state index contributed by atoms with van der Waals surface area (Å²) >= 11 is 1.42. The highest BCUT2D eigenvalue weighted by atomic mass is 32.1. The number of thiophene rings is 1. The number of nitrogens with zero attached hydrogens (tertiary/aromatic N) is 4. The number of H-pyrrole nitrogens is 1. The number of alkyl halides is 2. The molecule has 4 heterocycles. The second-order valence-electron chi connectivity index (χ2n) is 11.1. The first-order valence-electron chi connectivity index (χ1n) is 14.3. The third kappa shape index (κ3) is 5.15. The Balaban J connectivity index is 1.04. The van der Waals surface area contributed by atoms with Crippen molar-refractivity contribution in [1.82, 2.24) is 36.2 Å². The Labute approximate surface area is 259 Å². The van der Waals surface area contributed by atoms with Gasteiger partial charge in [0.1, 0.15) is 6.04 Å². The summed E-state index contributed by atoms with van der Waals surface area (Å²) in [6.07, 6.45) is 0.127. The molecule has 15 heteroatoms. The fraction of sp³-hybridized carbons (Fsp3) is 0.333.